The second-order valence-corrected chi connectivity index (χ2v) is 10.8. The maximum absolute atomic E-state index is 14.1. The fourth-order valence-corrected chi connectivity index (χ4v) is 5.97. The average Bonchev–Trinajstić information content (AvgIpc) is 3.42. The summed E-state index contributed by atoms with van der Waals surface area (Å²) in [4.78, 5) is 21.7. The summed E-state index contributed by atoms with van der Waals surface area (Å²) < 4.78 is 37.1. The summed E-state index contributed by atoms with van der Waals surface area (Å²) in [6.45, 7) is 4.86. The third-order valence-electron chi connectivity index (χ3n) is 7.01. The number of amides is 1. The second-order valence-electron chi connectivity index (χ2n) is 9.72. The molecular formula is C29H32F2N4O2S. The first-order valence-corrected chi connectivity index (χ1v) is 14.0. The molecule has 3 aliphatic rings. The molecule has 3 heterocycles. The van der Waals surface area contributed by atoms with Crippen LogP contribution in [0, 0.1) is 11.6 Å². The lowest BCUT2D eigenvalue weighted by molar-refractivity contribution is -0.119. The first-order valence-electron chi connectivity index (χ1n) is 13.1. The Morgan fingerprint density at radius 2 is 1.71 bits per heavy atom. The first-order chi connectivity index (χ1) is 18.5. The number of piperazine rings is 1. The van der Waals surface area contributed by atoms with Gasteiger partial charge in [-0.3, -0.25) is 14.7 Å². The van der Waals surface area contributed by atoms with Crippen molar-refractivity contribution in [1.82, 2.24) is 14.2 Å². The lowest BCUT2D eigenvalue weighted by atomic mass is 10.1. The van der Waals surface area contributed by atoms with Gasteiger partial charge in [0, 0.05) is 56.1 Å². The molecule has 2 aliphatic heterocycles. The molecule has 2 aromatic rings. The van der Waals surface area contributed by atoms with Gasteiger partial charge in [-0.05, 0) is 74.6 Å². The van der Waals surface area contributed by atoms with Crippen molar-refractivity contribution in [3.05, 3.63) is 95.3 Å². The summed E-state index contributed by atoms with van der Waals surface area (Å²) in [7, 11) is 0. The summed E-state index contributed by atoms with van der Waals surface area (Å²) in [6.07, 6.45) is 13.0. The SMILES string of the molecule is CC1=CC=CC(N2CCN(SCc3ccncc3)CC2)=C(OC2CCCC2)C(=O)N1c1cc(F)cc(F)c1. The molecule has 0 bridgehead atoms. The molecule has 1 aliphatic carbocycles. The van der Waals surface area contributed by atoms with Crippen molar-refractivity contribution < 1.29 is 18.3 Å². The van der Waals surface area contributed by atoms with Gasteiger partial charge in [-0.15, -0.1) is 0 Å². The predicted molar refractivity (Wildman–Crippen MR) is 146 cm³/mol. The van der Waals surface area contributed by atoms with Crippen molar-refractivity contribution in [2.45, 2.75) is 44.5 Å². The van der Waals surface area contributed by atoms with E-state index in [1.54, 1.807) is 24.9 Å². The molecule has 6 nitrogen and oxygen atoms in total. The van der Waals surface area contributed by atoms with Gasteiger partial charge in [0.05, 0.1) is 17.5 Å². The van der Waals surface area contributed by atoms with E-state index in [1.165, 1.54) is 22.6 Å². The van der Waals surface area contributed by atoms with Crippen molar-refractivity contribution in [3.63, 3.8) is 0 Å². The minimum Gasteiger partial charge on any atom is -0.483 e. The number of hydrogen-bond acceptors (Lipinski definition) is 6. The van der Waals surface area contributed by atoms with Gasteiger partial charge in [0.15, 0.2) is 0 Å². The number of carbonyl (C=O) groups excluding carboxylic acids is 1. The molecule has 1 saturated carbocycles. The number of nitrogens with zero attached hydrogens (tertiary/aromatic N) is 4. The maximum Gasteiger partial charge on any atom is 0.299 e. The van der Waals surface area contributed by atoms with E-state index in [0.717, 1.165) is 63.7 Å². The normalized spacial score (nSPS) is 19.6. The van der Waals surface area contributed by atoms with Crippen molar-refractivity contribution in [2.75, 3.05) is 31.1 Å². The molecule has 0 atom stereocenters. The zero-order valence-electron chi connectivity index (χ0n) is 21.5. The Hall–Kier alpha value is -3.17. The van der Waals surface area contributed by atoms with Crippen LogP contribution in [0.3, 0.4) is 0 Å². The molecule has 2 fully saturated rings. The molecule has 0 N–H and O–H groups in total. The molecule has 0 spiro atoms. The number of pyridine rings is 1. The van der Waals surface area contributed by atoms with E-state index in [9.17, 15) is 13.6 Å². The first kappa shape index (κ1) is 26.4. The molecule has 200 valence electrons. The van der Waals surface area contributed by atoms with Gasteiger partial charge >= 0.3 is 0 Å². The summed E-state index contributed by atoms with van der Waals surface area (Å²) in [5.41, 5.74) is 2.64. The van der Waals surface area contributed by atoms with Crippen LogP contribution in [0.2, 0.25) is 0 Å². The van der Waals surface area contributed by atoms with Crippen LogP contribution in [0.5, 0.6) is 0 Å². The van der Waals surface area contributed by atoms with E-state index in [4.69, 9.17) is 4.74 Å². The standard InChI is InChI=1S/C29H32F2N4O2S/c1-21-5-4-8-27(33-13-15-34(16-14-33)38-20-22-9-11-32-12-10-22)28(37-26-6-2-3-7-26)29(36)35(21)25-18-23(30)17-24(31)19-25/h4-5,8-12,17-19,26H,2-3,6-7,13-16,20H2,1H3. The van der Waals surface area contributed by atoms with Gasteiger partial charge < -0.3 is 9.64 Å². The Labute approximate surface area is 226 Å². The molecule has 1 aromatic carbocycles. The van der Waals surface area contributed by atoms with Gasteiger partial charge in [-0.1, -0.05) is 18.0 Å². The van der Waals surface area contributed by atoms with Crippen molar-refractivity contribution in [2.24, 2.45) is 0 Å². The number of aromatic nitrogens is 1. The highest BCUT2D eigenvalue weighted by Crippen LogP contribution is 2.32. The zero-order valence-corrected chi connectivity index (χ0v) is 22.3. The summed E-state index contributed by atoms with van der Waals surface area (Å²) in [5.74, 6) is -0.766. The van der Waals surface area contributed by atoms with Gasteiger partial charge in [-0.2, -0.15) is 0 Å². The number of hydrogen-bond donors (Lipinski definition) is 0. The van der Waals surface area contributed by atoms with Crippen LogP contribution in [-0.4, -0.2) is 52.4 Å². The van der Waals surface area contributed by atoms with Crippen molar-refractivity contribution in [1.29, 1.82) is 0 Å². The number of allylic oxidation sites excluding steroid dienone is 4. The van der Waals surface area contributed by atoms with E-state index in [0.29, 0.717) is 11.4 Å². The Morgan fingerprint density at radius 1 is 1.03 bits per heavy atom. The zero-order chi connectivity index (χ0) is 26.5. The Morgan fingerprint density at radius 3 is 2.39 bits per heavy atom. The Kier molecular flexibility index (Phi) is 8.44. The van der Waals surface area contributed by atoms with Crippen LogP contribution >= 0.6 is 11.9 Å². The van der Waals surface area contributed by atoms with Crippen LogP contribution in [0.4, 0.5) is 14.5 Å². The highest BCUT2D eigenvalue weighted by molar-refractivity contribution is 7.96. The van der Waals surface area contributed by atoms with E-state index in [-0.39, 0.29) is 17.6 Å². The van der Waals surface area contributed by atoms with E-state index in [2.05, 4.69) is 14.2 Å². The maximum atomic E-state index is 14.1. The number of anilines is 1. The Balaban J connectivity index is 1.40. The van der Waals surface area contributed by atoms with Crippen LogP contribution in [-0.2, 0) is 15.3 Å². The molecule has 38 heavy (non-hydrogen) atoms. The lowest BCUT2D eigenvalue weighted by Gasteiger charge is -2.37. The van der Waals surface area contributed by atoms with Crippen LogP contribution in [0.25, 0.3) is 0 Å². The smallest absolute Gasteiger partial charge is 0.299 e. The fourth-order valence-electron chi connectivity index (χ4n) is 5.02. The van der Waals surface area contributed by atoms with E-state index in [1.807, 2.05) is 36.7 Å². The van der Waals surface area contributed by atoms with E-state index >= 15 is 0 Å². The molecule has 9 heteroatoms. The summed E-state index contributed by atoms with van der Waals surface area (Å²) in [6, 6.07) is 7.21. The quantitative estimate of drug-likeness (QED) is 0.415. The van der Waals surface area contributed by atoms with Crippen LogP contribution in [0.1, 0.15) is 38.2 Å². The highest BCUT2D eigenvalue weighted by atomic mass is 32.2. The molecule has 5 rings (SSSR count). The lowest BCUT2D eigenvalue weighted by Crippen LogP contribution is -2.44. The average molecular weight is 539 g/mol. The van der Waals surface area contributed by atoms with Gasteiger partial charge in [-0.25, -0.2) is 13.1 Å². The van der Waals surface area contributed by atoms with Gasteiger partial charge in [0.2, 0.25) is 5.76 Å². The molecule has 1 aromatic heterocycles. The number of ether oxygens (including phenoxy) is 1. The van der Waals surface area contributed by atoms with Crippen molar-refractivity contribution >= 4 is 23.5 Å². The van der Waals surface area contributed by atoms with E-state index < -0.39 is 17.5 Å². The summed E-state index contributed by atoms with van der Waals surface area (Å²) in [5, 5.41) is 0. The molecular weight excluding hydrogens is 506 g/mol. The fraction of sp³-hybridized carbons (Fsp3) is 0.379. The predicted octanol–water partition coefficient (Wildman–Crippen LogP) is 5.80. The minimum atomic E-state index is -0.735. The number of halogens is 2. The number of benzene rings is 1. The minimum absolute atomic E-state index is 0.0515. The van der Waals surface area contributed by atoms with Gasteiger partial charge in [0.1, 0.15) is 11.6 Å². The van der Waals surface area contributed by atoms with Gasteiger partial charge in [0.25, 0.3) is 5.91 Å². The number of rotatable bonds is 7. The second kappa shape index (κ2) is 12.1. The molecule has 1 amide bonds. The Bertz CT molecular complexity index is 1220. The largest absolute Gasteiger partial charge is 0.483 e. The summed E-state index contributed by atoms with van der Waals surface area (Å²) >= 11 is 1.79. The third kappa shape index (κ3) is 6.27. The topological polar surface area (TPSA) is 48.9 Å². The highest BCUT2D eigenvalue weighted by Gasteiger charge is 2.33. The third-order valence-corrected chi connectivity index (χ3v) is 8.20. The number of carbonyl (C=O) groups is 1. The van der Waals surface area contributed by atoms with Crippen LogP contribution in [0.15, 0.2) is 78.1 Å². The van der Waals surface area contributed by atoms with Crippen LogP contribution < -0.4 is 4.90 Å². The monoisotopic (exact) mass is 538 g/mol. The molecule has 1 saturated heterocycles. The van der Waals surface area contributed by atoms with Crippen molar-refractivity contribution in [3.8, 4) is 0 Å². The molecule has 0 radical (unpaired) electrons. The molecule has 0 unspecified atom stereocenters.